The molecule has 3 N–H and O–H groups in total. The zero-order chi connectivity index (χ0) is 11.4. The minimum atomic E-state index is -0.864. The van der Waals surface area contributed by atoms with Gasteiger partial charge in [0.25, 0.3) is 0 Å². The van der Waals surface area contributed by atoms with Crippen molar-refractivity contribution in [1.29, 1.82) is 0 Å². The lowest BCUT2D eigenvalue weighted by Gasteiger charge is -2.17. The van der Waals surface area contributed by atoms with Gasteiger partial charge in [0.2, 0.25) is 0 Å². The Hall–Kier alpha value is -1.26. The van der Waals surface area contributed by atoms with Gasteiger partial charge in [0.1, 0.15) is 0 Å². The summed E-state index contributed by atoms with van der Waals surface area (Å²) in [5.74, 6) is -0.518. The summed E-state index contributed by atoms with van der Waals surface area (Å²) < 4.78 is 0. The second-order valence-corrected chi connectivity index (χ2v) is 4.31. The monoisotopic (exact) mass is 214 g/mol. The normalized spacial score (nSPS) is 17.3. The Balaban J connectivity index is 2.36. The molecule has 0 bridgehead atoms. The lowest BCUT2D eigenvalue weighted by Crippen LogP contribution is -2.46. The maximum atomic E-state index is 11.4. The third-order valence-corrected chi connectivity index (χ3v) is 2.32. The van der Waals surface area contributed by atoms with Crippen molar-refractivity contribution < 1.29 is 14.7 Å². The van der Waals surface area contributed by atoms with Crippen molar-refractivity contribution in [3.63, 3.8) is 0 Å². The Morgan fingerprint density at radius 2 is 1.93 bits per heavy atom. The van der Waals surface area contributed by atoms with Gasteiger partial charge in [0, 0.05) is 12.1 Å². The summed E-state index contributed by atoms with van der Waals surface area (Å²) in [5.41, 5.74) is 0. The van der Waals surface area contributed by atoms with Crippen molar-refractivity contribution in [3.8, 4) is 0 Å². The zero-order valence-electron chi connectivity index (χ0n) is 9.12. The van der Waals surface area contributed by atoms with E-state index in [0.717, 1.165) is 12.8 Å². The van der Waals surface area contributed by atoms with Gasteiger partial charge < -0.3 is 15.7 Å². The van der Waals surface area contributed by atoms with Gasteiger partial charge in [0.15, 0.2) is 0 Å². The highest BCUT2D eigenvalue weighted by Gasteiger charge is 2.33. The average molecular weight is 214 g/mol. The van der Waals surface area contributed by atoms with Crippen LogP contribution in [0.15, 0.2) is 0 Å². The number of rotatable bonds is 5. The summed E-state index contributed by atoms with van der Waals surface area (Å²) in [4.78, 5) is 21.9. The predicted molar refractivity (Wildman–Crippen MR) is 55.6 cm³/mol. The smallest absolute Gasteiger partial charge is 0.315 e. The van der Waals surface area contributed by atoms with E-state index in [1.807, 2.05) is 13.8 Å². The first-order valence-corrected chi connectivity index (χ1v) is 5.28. The number of hydrogen-bond donors (Lipinski definition) is 3. The van der Waals surface area contributed by atoms with Gasteiger partial charge in [0.05, 0.1) is 6.42 Å². The van der Waals surface area contributed by atoms with Crippen LogP contribution in [0.4, 0.5) is 4.79 Å². The van der Waals surface area contributed by atoms with Gasteiger partial charge in [-0.25, -0.2) is 4.79 Å². The first-order valence-electron chi connectivity index (χ1n) is 5.28. The molecule has 1 rings (SSSR count). The molecule has 5 heteroatoms. The first kappa shape index (κ1) is 11.8. The zero-order valence-corrected chi connectivity index (χ0v) is 9.12. The number of amides is 2. The van der Waals surface area contributed by atoms with Gasteiger partial charge in [-0.1, -0.05) is 0 Å². The molecule has 5 nitrogen and oxygen atoms in total. The molecule has 1 saturated carbocycles. The minimum Gasteiger partial charge on any atom is -0.481 e. The van der Waals surface area contributed by atoms with E-state index in [9.17, 15) is 9.59 Å². The van der Waals surface area contributed by atoms with Crippen LogP contribution in [0, 0.1) is 5.92 Å². The summed E-state index contributed by atoms with van der Waals surface area (Å²) >= 11 is 0. The maximum Gasteiger partial charge on any atom is 0.315 e. The van der Waals surface area contributed by atoms with E-state index in [1.165, 1.54) is 0 Å². The van der Waals surface area contributed by atoms with Gasteiger partial charge >= 0.3 is 12.0 Å². The van der Waals surface area contributed by atoms with Gasteiger partial charge in [-0.3, -0.25) is 4.79 Å². The Morgan fingerprint density at radius 1 is 1.33 bits per heavy atom. The molecule has 2 amide bonds. The number of aliphatic carboxylic acids is 1. The average Bonchev–Trinajstić information content (AvgIpc) is 2.81. The highest BCUT2D eigenvalue weighted by Crippen LogP contribution is 2.33. The lowest BCUT2D eigenvalue weighted by molar-refractivity contribution is -0.137. The fourth-order valence-electron chi connectivity index (χ4n) is 1.49. The number of carboxylic acids is 1. The molecule has 1 unspecified atom stereocenters. The second kappa shape index (κ2) is 5.00. The quantitative estimate of drug-likeness (QED) is 0.637. The molecule has 1 aliphatic carbocycles. The SMILES string of the molecule is CC(C)NC(=O)NC(CC(=O)O)C1CC1. The van der Waals surface area contributed by atoms with Crippen LogP contribution in [0.5, 0.6) is 0 Å². The molecule has 86 valence electrons. The van der Waals surface area contributed by atoms with Gasteiger partial charge in [-0.15, -0.1) is 0 Å². The molecular weight excluding hydrogens is 196 g/mol. The number of carbonyl (C=O) groups is 2. The van der Waals surface area contributed by atoms with Crippen LogP contribution in [-0.2, 0) is 4.79 Å². The molecule has 1 aliphatic rings. The Morgan fingerprint density at radius 3 is 2.33 bits per heavy atom. The molecule has 1 fully saturated rings. The van der Waals surface area contributed by atoms with E-state index in [0.29, 0.717) is 5.92 Å². The van der Waals surface area contributed by atoms with Crippen LogP contribution in [0.25, 0.3) is 0 Å². The molecule has 0 aromatic carbocycles. The van der Waals surface area contributed by atoms with Crippen molar-refractivity contribution in [3.05, 3.63) is 0 Å². The number of nitrogens with one attached hydrogen (secondary N) is 2. The third-order valence-electron chi connectivity index (χ3n) is 2.32. The van der Waals surface area contributed by atoms with Crippen molar-refractivity contribution >= 4 is 12.0 Å². The second-order valence-electron chi connectivity index (χ2n) is 4.31. The molecule has 0 radical (unpaired) electrons. The van der Waals surface area contributed by atoms with Crippen molar-refractivity contribution in [2.75, 3.05) is 0 Å². The summed E-state index contributed by atoms with van der Waals surface area (Å²) in [6.07, 6.45) is 2.04. The van der Waals surface area contributed by atoms with Crippen molar-refractivity contribution in [2.24, 2.45) is 5.92 Å². The molecule has 0 aromatic rings. The summed E-state index contributed by atoms with van der Waals surface area (Å²) in [7, 11) is 0. The Bertz CT molecular complexity index is 249. The molecule has 0 heterocycles. The highest BCUT2D eigenvalue weighted by molar-refractivity contribution is 5.76. The standard InChI is InChI=1S/C10H18N2O3/c1-6(2)11-10(15)12-8(5-9(13)14)7-3-4-7/h6-8H,3-5H2,1-2H3,(H,13,14)(H2,11,12,15). The van der Waals surface area contributed by atoms with E-state index in [2.05, 4.69) is 10.6 Å². The minimum absolute atomic E-state index is 0.0101. The van der Waals surface area contributed by atoms with Crippen LogP contribution in [0.3, 0.4) is 0 Å². The first-order chi connectivity index (χ1) is 6.99. The van der Waals surface area contributed by atoms with Crippen LogP contribution in [-0.4, -0.2) is 29.2 Å². The van der Waals surface area contributed by atoms with Crippen molar-refractivity contribution in [1.82, 2.24) is 10.6 Å². The predicted octanol–water partition coefficient (Wildman–Crippen LogP) is 0.947. The van der Waals surface area contributed by atoms with E-state index in [1.54, 1.807) is 0 Å². The topological polar surface area (TPSA) is 78.4 Å². The summed E-state index contributed by atoms with van der Waals surface area (Å²) in [6, 6.07) is -0.431. The third kappa shape index (κ3) is 4.67. The number of urea groups is 1. The molecule has 0 aromatic heterocycles. The fourth-order valence-corrected chi connectivity index (χ4v) is 1.49. The lowest BCUT2D eigenvalue weighted by atomic mass is 10.1. The van der Waals surface area contributed by atoms with Crippen molar-refractivity contribution in [2.45, 2.75) is 45.2 Å². The van der Waals surface area contributed by atoms with E-state index in [-0.39, 0.29) is 24.5 Å². The van der Waals surface area contributed by atoms with Crippen LogP contribution < -0.4 is 10.6 Å². The van der Waals surface area contributed by atoms with E-state index >= 15 is 0 Å². The highest BCUT2D eigenvalue weighted by atomic mass is 16.4. The van der Waals surface area contributed by atoms with Gasteiger partial charge in [-0.2, -0.15) is 0 Å². The molecule has 15 heavy (non-hydrogen) atoms. The van der Waals surface area contributed by atoms with E-state index < -0.39 is 5.97 Å². The maximum absolute atomic E-state index is 11.4. The largest absolute Gasteiger partial charge is 0.481 e. The molecule has 0 spiro atoms. The Kier molecular flexibility index (Phi) is 3.94. The summed E-state index contributed by atoms with van der Waals surface area (Å²) in [5, 5.41) is 14.1. The van der Waals surface area contributed by atoms with Gasteiger partial charge in [-0.05, 0) is 32.6 Å². The molecule has 1 atom stereocenters. The number of hydrogen-bond acceptors (Lipinski definition) is 2. The number of carboxylic acid groups (broad SMARTS) is 1. The van der Waals surface area contributed by atoms with Crippen LogP contribution in [0.1, 0.15) is 33.1 Å². The number of carbonyl (C=O) groups excluding carboxylic acids is 1. The molecule has 0 aliphatic heterocycles. The van der Waals surface area contributed by atoms with Crippen LogP contribution in [0.2, 0.25) is 0 Å². The fraction of sp³-hybridized carbons (Fsp3) is 0.800. The summed E-state index contributed by atoms with van der Waals surface area (Å²) in [6.45, 7) is 3.73. The van der Waals surface area contributed by atoms with E-state index in [4.69, 9.17) is 5.11 Å². The Labute approximate surface area is 89.2 Å². The van der Waals surface area contributed by atoms with Crippen LogP contribution >= 0.6 is 0 Å². The molecular formula is C10H18N2O3. The molecule has 0 saturated heterocycles.